The van der Waals surface area contributed by atoms with E-state index in [-0.39, 0.29) is 5.54 Å². The van der Waals surface area contributed by atoms with Gasteiger partial charge < -0.3 is 5.32 Å². The molecule has 20 heavy (non-hydrogen) atoms. The second-order valence-corrected chi connectivity index (χ2v) is 6.63. The van der Waals surface area contributed by atoms with Gasteiger partial charge in [-0.05, 0) is 26.0 Å². The van der Waals surface area contributed by atoms with E-state index in [1.807, 2.05) is 24.4 Å². The molecule has 0 aromatic carbocycles. The topological polar surface area (TPSA) is 41.0 Å². The number of aromatic nitrogens is 2. The molecule has 106 valence electrons. The van der Waals surface area contributed by atoms with Crippen molar-refractivity contribution in [1.82, 2.24) is 20.2 Å². The highest BCUT2D eigenvalue weighted by Gasteiger charge is 2.29. The summed E-state index contributed by atoms with van der Waals surface area (Å²) in [6.07, 6.45) is 1.82. The minimum Gasteiger partial charge on any atom is -0.314 e. The smallest absolute Gasteiger partial charge is 0.142 e. The molecule has 3 heterocycles. The van der Waals surface area contributed by atoms with Crippen LogP contribution in [0.15, 0.2) is 29.8 Å². The molecule has 2 aromatic rings. The lowest BCUT2D eigenvalue weighted by Crippen LogP contribution is -2.57. The van der Waals surface area contributed by atoms with E-state index in [0.717, 1.165) is 42.6 Å². The Morgan fingerprint density at radius 1 is 1.40 bits per heavy atom. The molecule has 0 radical (unpaired) electrons. The summed E-state index contributed by atoms with van der Waals surface area (Å²) in [6.45, 7) is 8.64. The van der Waals surface area contributed by atoms with Crippen LogP contribution in [-0.4, -0.2) is 40.0 Å². The molecule has 1 N–H and O–H groups in total. The molecule has 1 fully saturated rings. The predicted octanol–water partition coefficient (Wildman–Crippen LogP) is 2.39. The number of piperazine rings is 1. The molecule has 0 bridgehead atoms. The van der Waals surface area contributed by atoms with Crippen molar-refractivity contribution in [3.8, 4) is 10.7 Å². The van der Waals surface area contributed by atoms with Crippen molar-refractivity contribution in [2.75, 3.05) is 19.6 Å². The molecule has 3 rings (SSSR count). The summed E-state index contributed by atoms with van der Waals surface area (Å²) >= 11 is 1.68. The van der Waals surface area contributed by atoms with Crippen molar-refractivity contribution >= 4 is 11.3 Å². The summed E-state index contributed by atoms with van der Waals surface area (Å²) in [7, 11) is 0. The first-order valence-corrected chi connectivity index (χ1v) is 7.85. The van der Waals surface area contributed by atoms with E-state index in [2.05, 4.69) is 34.4 Å². The summed E-state index contributed by atoms with van der Waals surface area (Å²) in [4.78, 5) is 11.6. The fraction of sp³-hybridized carbons (Fsp3) is 0.467. The zero-order valence-electron chi connectivity index (χ0n) is 12.0. The second-order valence-electron chi connectivity index (χ2n) is 5.77. The normalized spacial score (nSPS) is 19.1. The van der Waals surface area contributed by atoms with E-state index in [4.69, 9.17) is 4.98 Å². The first kappa shape index (κ1) is 13.7. The van der Waals surface area contributed by atoms with Gasteiger partial charge in [0.25, 0.3) is 0 Å². The lowest BCUT2D eigenvalue weighted by atomic mass is 10.00. The van der Waals surface area contributed by atoms with Gasteiger partial charge in [-0.25, -0.2) is 4.98 Å². The number of hydrogen-bond acceptors (Lipinski definition) is 5. The molecule has 1 aliphatic heterocycles. The number of hydrogen-bond donors (Lipinski definition) is 1. The summed E-state index contributed by atoms with van der Waals surface area (Å²) in [5.74, 6) is 0. The number of nitrogens with zero attached hydrogens (tertiary/aromatic N) is 3. The van der Waals surface area contributed by atoms with Crippen LogP contribution in [0.5, 0.6) is 0 Å². The van der Waals surface area contributed by atoms with Crippen molar-refractivity contribution in [3.05, 3.63) is 35.5 Å². The SMILES string of the molecule is CC1(C)CNCCN1Cc1csc(-c2ccccn2)n1. The van der Waals surface area contributed by atoms with Crippen LogP contribution >= 0.6 is 11.3 Å². The Hall–Kier alpha value is -1.30. The lowest BCUT2D eigenvalue weighted by molar-refractivity contribution is 0.0816. The molecule has 4 nitrogen and oxygen atoms in total. The lowest BCUT2D eigenvalue weighted by Gasteiger charge is -2.42. The van der Waals surface area contributed by atoms with Crippen molar-refractivity contribution in [1.29, 1.82) is 0 Å². The average Bonchev–Trinajstić information content (AvgIpc) is 2.91. The fourth-order valence-electron chi connectivity index (χ4n) is 2.50. The van der Waals surface area contributed by atoms with Gasteiger partial charge in [-0.15, -0.1) is 11.3 Å². The van der Waals surface area contributed by atoms with Gasteiger partial charge in [-0.2, -0.15) is 0 Å². The monoisotopic (exact) mass is 288 g/mol. The van der Waals surface area contributed by atoms with Crippen molar-refractivity contribution in [3.63, 3.8) is 0 Å². The van der Waals surface area contributed by atoms with Gasteiger partial charge >= 0.3 is 0 Å². The maximum absolute atomic E-state index is 4.73. The molecular formula is C15H20N4S. The molecule has 1 aliphatic rings. The summed E-state index contributed by atoms with van der Waals surface area (Å²) in [5, 5.41) is 6.62. The first-order valence-electron chi connectivity index (χ1n) is 6.97. The number of rotatable bonds is 3. The summed E-state index contributed by atoms with van der Waals surface area (Å²) < 4.78 is 0. The van der Waals surface area contributed by atoms with Crippen molar-refractivity contribution in [2.24, 2.45) is 0 Å². The van der Waals surface area contributed by atoms with Gasteiger partial charge in [0.15, 0.2) is 0 Å². The molecule has 0 aliphatic carbocycles. The van der Waals surface area contributed by atoms with Crippen LogP contribution in [0.25, 0.3) is 10.7 Å². The Morgan fingerprint density at radius 2 is 2.30 bits per heavy atom. The minimum atomic E-state index is 0.188. The maximum Gasteiger partial charge on any atom is 0.142 e. The highest BCUT2D eigenvalue weighted by atomic mass is 32.1. The predicted molar refractivity (Wildman–Crippen MR) is 82.7 cm³/mol. The van der Waals surface area contributed by atoms with Crippen LogP contribution in [0.2, 0.25) is 0 Å². The first-order chi connectivity index (χ1) is 9.65. The third-order valence-electron chi connectivity index (χ3n) is 3.76. The number of thiazole rings is 1. The van der Waals surface area contributed by atoms with Crippen LogP contribution in [-0.2, 0) is 6.54 Å². The Bertz CT molecular complexity index is 564. The van der Waals surface area contributed by atoms with Crippen molar-refractivity contribution < 1.29 is 0 Å². The molecule has 0 saturated carbocycles. The van der Waals surface area contributed by atoms with Crippen LogP contribution in [0.3, 0.4) is 0 Å². The molecule has 0 spiro atoms. The van der Waals surface area contributed by atoms with Crippen LogP contribution in [0.1, 0.15) is 19.5 Å². The molecule has 0 unspecified atom stereocenters. The van der Waals surface area contributed by atoms with Crippen molar-refractivity contribution in [2.45, 2.75) is 25.9 Å². The quantitative estimate of drug-likeness (QED) is 0.941. The molecule has 5 heteroatoms. The van der Waals surface area contributed by atoms with Gasteiger partial charge in [0, 0.05) is 43.3 Å². The highest BCUT2D eigenvalue weighted by molar-refractivity contribution is 7.13. The molecule has 0 atom stereocenters. The number of pyridine rings is 1. The molecule has 1 saturated heterocycles. The Morgan fingerprint density at radius 3 is 3.05 bits per heavy atom. The second kappa shape index (κ2) is 5.60. The van der Waals surface area contributed by atoms with Crippen LogP contribution in [0, 0.1) is 0 Å². The van der Waals surface area contributed by atoms with E-state index in [0.29, 0.717) is 0 Å². The maximum atomic E-state index is 4.73. The Kier molecular flexibility index (Phi) is 3.83. The van der Waals surface area contributed by atoms with E-state index >= 15 is 0 Å². The fourth-order valence-corrected chi connectivity index (χ4v) is 3.28. The van der Waals surface area contributed by atoms with Gasteiger partial charge in [0.1, 0.15) is 5.01 Å². The third-order valence-corrected chi connectivity index (χ3v) is 4.67. The zero-order valence-corrected chi connectivity index (χ0v) is 12.8. The minimum absolute atomic E-state index is 0.188. The molecule has 0 amide bonds. The van der Waals surface area contributed by atoms with E-state index in [1.54, 1.807) is 11.3 Å². The van der Waals surface area contributed by atoms with E-state index in [9.17, 15) is 0 Å². The Balaban J connectivity index is 1.74. The summed E-state index contributed by atoms with van der Waals surface area (Å²) in [5.41, 5.74) is 2.29. The van der Waals surface area contributed by atoms with E-state index in [1.165, 1.54) is 0 Å². The van der Waals surface area contributed by atoms with Crippen LogP contribution < -0.4 is 5.32 Å². The third kappa shape index (κ3) is 2.90. The van der Waals surface area contributed by atoms with Crippen LogP contribution in [0.4, 0.5) is 0 Å². The molecular weight excluding hydrogens is 268 g/mol. The summed E-state index contributed by atoms with van der Waals surface area (Å²) in [6, 6.07) is 5.95. The number of nitrogens with one attached hydrogen (secondary N) is 1. The largest absolute Gasteiger partial charge is 0.314 e. The highest BCUT2D eigenvalue weighted by Crippen LogP contribution is 2.24. The van der Waals surface area contributed by atoms with Gasteiger partial charge in [-0.3, -0.25) is 9.88 Å². The Labute approximate surface area is 123 Å². The zero-order chi connectivity index (χ0) is 14.0. The standard InChI is InChI=1S/C15H20N4S/c1-15(2)11-16-7-8-19(15)9-12-10-20-14(18-12)13-5-3-4-6-17-13/h3-6,10,16H,7-9,11H2,1-2H3. The van der Waals surface area contributed by atoms with Gasteiger partial charge in [-0.1, -0.05) is 6.07 Å². The average molecular weight is 288 g/mol. The van der Waals surface area contributed by atoms with Gasteiger partial charge in [0.2, 0.25) is 0 Å². The van der Waals surface area contributed by atoms with Gasteiger partial charge in [0.05, 0.1) is 11.4 Å². The molecule has 2 aromatic heterocycles. The van der Waals surface area contributed by atoms with E-state index < -0.39 is 0 Å².